The molecule has 104 heavy (non-hydrogen) atoms. The molecule has 4 heterocycles. The van der Waals surface area contributed by atoms with Crippen LogP contribution in [0.1, 0.15) is 157 Å². The van der Waals surface area contributed by atoms with Crippen LogP contribution in [0, 0.1) is 5.41 Å². The van der Waals surface area contributed by atoms with Crippen LogP contribution in [0.4, 0.5) is 9.59 Å². The number of rotatable bonds is 24. The fourth-order valence-corrected chi connectivity index (χ4v) is 15.7. The zero-order valence-corrected chi connectivity index (χ0v) is 60.3. The molecule has 2 spiro atoms. The van der Waals surface area contributed by atoms with Crippen LogP contribution in [-0.2, 0) is 52.6 Å². The van der Waals surface area contributed by atoms with Gasteiger partial charge in [-0.05, 0) is 99.6 Å². The SMILES string of the molecule is CCC[C@H](NC(=O)C1C[C@]2(CC(c3ccccc3)=NO2)CN1C(=O)OCC1c2ccccc2-c2ccccc21)C(OC)C(=O)NC1CC1.CCC[C@H](NC(=O)C1C[C@]2(CC(c3ccccc3)=NO2)CN1C(=O)[C@@H](NC(=O)OCC1c2ccccc2-c2ccccc21)C(C)(C)C)C(OC)C(=O)NC1CC1. The average Bonchev–Trinajstić information content (AvgIpc) is 1.63. The van der Waals surface area contributed by atoms with Gasteiger partial charge in [-0.15, -0.1) is 0 Å². The van der Waals surface area contributed by atoms with Crippen molar-refractivity contribution in [2.75, 3.05) is 40.5 Å². The summed E-state index contributed by atoms with van der Waals surface area (Å²) in [6, 6.07) is 48.1. The van der Waals surface area contributed by atoms with Gasteiger partial charge in [-0.2, -0.15) is 0 Å². The molecule has 546 valence electrons. The van der Waals surface area contributed by atoms with Crippen molar-refractivity contribution in [3.8, 4) is 22.3 Å². The Bertz CT molecular complexity index is 4120. The molecule has 7 amide bonds. The first-order chi connectivity index (χ1) is 50.3. The van der Waals surface area contributed by atoms with Gasteiger partial charge in [0, 0.05) is 63.8 Å². The van der Waals surface area contributed by atoms with E-state index in [9.17, 15) is 33.6 Å². The Kier molecular flexibility index (Phi) is 21.7. The summed E-state index contributed by atoms with van der Waals surface area (Å²) >= 11 is 0. The molecule has 0 radical (unpaired) electrons. The smallest absolute Gasteiger partial charge is 0.410 e. The second-order valence-electron chi connectivity index (χ2n) is 30.0. The van der Waals surface area contributed by atoms with Crippen LogP contribution < -0.4 is 26.6 Å². The van der Waals surface area contributed by atoms with Crippen LogP contribution in [-0.4, -0.2) is 169 Å². The van der Waals surface area contributed by atoms with E-state index in [1.54, 1.807) is 0 Å². The molecule has 0 aromatic heterocycles. The highest BCUT2D eigenvalue weighted by atomic mass is 16.7. The summed E-state index contributed by atoms with van der Waals surface area (Å²) in [5, 5.41) is 23.9. The van der Waals surface area contributed by atoms with E-state index in [0.717, 1.165) is 99.2 Å². The molecule has 2 saturated heterocycles. The number of carbonyl (C=O) groups excluding carboxylic acids is 7. The summed E-state index contributed by atoms with van der Waals surface area (Å²) < 4.78 is 23.2. The van der Waals surface area contributed by atoms with Gasteiger partial charge in [0.05, 0.1) is 36.6 Å². The molecule has 6 aromatic rings. The van der Waals surface area contributed by atoms with E-state index in [1.165, 1.54) is 24.0 Å². The summed E-state index contributed by atoms with van der Waals surface area (Å²) in [6.07, 6.45) is 4.28. The van der Waals surface area contributed by atoms with Gasteiger partial charge in [0.15, 0.2) is 23.4 Å². The number of nitrogens with one attached hydrogen (secondary N) is 5. The number of fused-ring (bicyclic) bond motifs is 6. The molecule has 2 saturated carbocycles. The van der Waals surface area contributed by atoms with Crippen LogP contribution in [0.3, 0.4) is 0 Å². The van der Waals surface area contributed by atoms with E-state index in [0.29, 0.717) is 32.1 Å². The summed E-state index contributed by atoms with van der Waals surface area (Å²) in [4.78, 5) is 113. The Morgan fingerprint density at radius 2 is 0.885 bits per heavy atom. The van der Waals surface area contributed by atoms with Crippen LogP contribution in [0.25, 0.3) is 22.3 Å². The summed E-state index contributed by atoms with van der Waals surface area (Å²) in [6.45, 7) is 9.97. The molecule has 22 nitrogen and oxygen atoms in total. The molecule has 9 atom stereocenters. The van der Waals surface area contributed by atoms with Gasteiger partial charge in [0.2, 0.25) is 17.7 Å². The monoisotopic (exact) mass is 1410 g/mol. The number of benzene rings is 6. The first-order valence-electron chi connectivity index (χ1n) is 36.7. The van der Waals surface area contributed by atoms with Gasteiger partial charge in [0.1, 0.15) is 31.3 Å². The number of alkyl carbamates (subject to hydrolysis) is 1. The molecule has 4 aliphatic heterocycles. The predicted molar refractivity (Wildman–Crippen MR) is 392 cm³/mol. The standard InChI is InChI=1S/C44H53N5O7.C38H42N4O6/c1-6-14-34(37(54-5)40(51)45-28-21-22-28)46-39(50)36-24-44(23-35(48-56-44)27-15-8-7-9-16-27)26-49(36)41(52)38(43(2,3)4)47-42(53)55-25-33-31-19-12-10-17-29(31)30-18-11-13-20-32(30)33;1-3-11-31(34(46-2)36(44)39-25-18-19-25)40-35(43)33-21-38(20-32(41-48-38)24-12-5-4-6-13-24)23-42(33)37(45)47-22-30-28-16-9-7-14-26(28)27-15-8-10-17-29(27)30/h7-13,15-20,28,33-34,36-38H,6,14,21-26H2,1-5H3,(H,45,51)(H,46,50)(H,47,53);4-10,12-17,25,30-31,33-34H,3,11,18-23H2,1-2H3,(H,39,44)(H,40,43)/t34-,36?,37?,38+,44+;31-,33?,34?,38+/m00/s1. The van der Waals surface area contributed by atoms with Crippen LogP contribution in [0.2, 0.25) is 0 Å². The van der Waals surface area contributed by atoms with Crippen molar-refractivity contribution in [1.29, 1.82) is 0 Å². The van der Waals surface area contributed by atoms with Crippen molar-refractivity contribution in [3.63, 3.8) is 0 Å². The highest BCUT2D eigenvalue weighted by Crippen LogP contribution is 2.47. The molecule has 6 aromatic carbocycles. The maximum Gasteiger partial charge on any atom is 0.410 e. The highest BCUT2D eigenvalue weighted by Gasteiger charge is 2.57. The Balaban J connectivity index is 0.000000187. The van der Waals surface area contributed by atoms with Crippen molar-refractivity contribution in [2.45, 2.75) is 189 Å². The summed E-state index contributed by atoms with van der Waals surface area (Å²) in [5.41, 5.74) is 9.57. The van der Waals surface area contributed by atoms with Crippen LogP contribution in [0.5, 0.6) is 0 Å². The van der Waals surface area contributed by atoms with Crippen LogP contribution >= 0.6 is 0 Å². The Hall–Kier alpha value is -9.93. The normalized spacial score (nSPS) is 22.0. The van der Waals surface area contributed by atoms with Gasteiger partial charge in [-0.3, -0.25) is 28.9 Å². The number of hydrogen-bond donors (Lipinski definition) is 5. The lowest BCUT2D eigenvalue weighted by Gasteiger charge is -2.35. The Morgan fingerprint density at radius 3 is 1.27 bits per heavy atom. The molecule has 4 unspecified atom stereocenters. The summed E-state index contributed by atoms with van der Waals surface area (Å²) in [7, 11) is 2.94. The Morgan fingerprint density at radius 1 is 0.510 bits per heavy atom. The molecular weight excluding hydrogens is 1320 g/mol. The third-order valence-electron chi connectivity index (χ3n) is 21.3. The van der Waals surface area contributed by atoms with E-state index >= 15 is 0 Å². The van der Waals surface area contributed by atoms with Crippen molar-refractivity contribution >= 4 is 53.1 Å². The number of oxime groups is 2. The van der Waals surface area contributed by atoms with Crippen molar-refractivity contribution in [3.05, 3.63) is 191 Å². The molecule has 8 aliphatic rings. The van der Waals surface area contributed by atoms with Crippen molar-refractivity contribution in [2.24, 2.45) is 15.7 Å². The fourth-order valence-electron chi connectivity index (χ4n) is 15.7. The van der Waals surface area contributed by atoms with E-state index < -0.39 is 83.0 Å². The van der Waals surface area contributed by atoms with Gasteiger partial charge < -0.3 is 60.1 Å². The minimum absolute atomic E-state index is 0.0665. The second-order valence-corrected chi connectivity index (χ2v) is 30.0. The van der Waals surface area contributed by atoms with E-state index in [-0.39, 0.29) is 80.8 Å². The van der Waals surface area contributed by atoms with Gasteiger partial charge in [-0.25, -0.2) is 9.59 Å². The molecule has 4 fully saturated rings. The van der Waals surface area contributed by atoms with E-state index in [2.05, 4.69) is 85.4 Å². The predicted octanol–water partition coefficient (Wildman–Crippen LogP) is 10.8. The zero-order chi connectivity index (χ0) is 72.9. The minimum atomic E-state index is -1.05. The van der Waals surface area contributed by atoms with Gasteiger partial charge >= 0.3 is 12.2 Å². The van der Waals surface area contributed by atoms with Gasteiger partial charge in [0.25, 0.3) is 11.8 Å². The molecule has 22 heteroatoms. The Labute approximate surface area is 607 Å². The first-order valence-corrected chi connectivity index (χ1v) is 36.7. The van der Waals surface area contributed by atoms with E-state index in [4.69, 9.17) is 28.6 Å². The third-order valence-corrected chi connectivity index (χ3v) is 21.3. The molecular formula is C82H95N9O13. The summed E-state index contributed by atoms with van der Waals surface area (Å²) in [5.74, 6) is -2.04. The molecule has 0 bridgehead atoms. The number of ether oxygens (including phenoxy) is 4. The quantitative estimate of drug-likeness (QED) is 0.0378. The number of nitrogens with zero attached hydrogens (tertiary/aromatic N) is 4. The first kappa shape index (κ1) is 72.4. The highest BCUT2D eigenvalue weighted by molar-refractivity contribution is 6.03. The fraction of sp³-hybridized carbons (Fsp3) is 0.451. The number of likely N-dealkylation sites (tertiary alicyclic amines) is 2. The van der Waals surface area contributed by atoms with Crippen molar-refractivity contribution in [1.82, 2.24) is 36.4 Å². The maximum absolute atomic E-state index is 14.9. The lowest BCUT2D eigenvalue weighted by Crippen LogP contribution is -2.59. The maximum atomic E-state index is 14.9. The molecule has 4 aliphatic carbocycles. The lowest BCUT2D eigenvalue weighted by molar-refractivity contribution is -0.143. The molecule has 14 rings (SSSR count). The zero-order valence-electron chi connectivity index (χ0n) is 60.3. The third kappa shape index (κ3) is 15.8. The largest absolute Gasteiger partial charge is 0.449 e. The average molecular weight is 1410 g/mol. The van der Waals surface area contributed by atoms with E-state index in [1.807, 2.05) is 144 Å². The molecule has 5 N–H and O–H groups in total. The minimum Gasteiger partial charge on any atom is -0.449 e. The van der Waals surface area contributed by atoms with Crippen molar-refractivity contribution < 1.29 is 62.2 Å². The number of carbonyl (C=O) groups is 7. The number of methoxy groups -OCH3 is 2. The topological polar surface area (TPSA) is 266 Å². The number of hydrogen-bond acceptors (Lipinski definition) is 15. The van der Waals surface area contributed by atoms with Crippen LogP contribution in [0.15, 0.2) is 168 Å². The second kappa shape index (κ2) is 31.2. The van der Waals surface area contributed by atoms with Gasteiger partial charge in [-0.1, -0.05) is 215 Å². The number of amides is 7. The lowest BCUT2D eigenvalue weighted by atomic mass is 9.85.